The molecule has 0 bridgehead atoms. The lowest BCUT2D eigenvalue weighted by Crippen LogP contribution is -2.46. The van der Waals surface area contributed by atoms with E-state index >= 15 is 0 Å². The lowest BCUT2D eigenvalue weighted by Gasteiger charge is -2.31. The molecule has 0 spiro atoms. The highest BCUT2D eigenvalue weighted by atomic mass is 16.5. The van der Waals surface area contributed by atoms with Crippen molar-refractivity contribution in [1.82, 2.24) is 0 Å². The Morgan fingerprint density at radius 2 is 2.00 bits per heavy atom. The van der Waals surface area contributed by atoms with Crippen LogP contribution < -0.4 is 0 Å². The van der Waals surface area contributed by atoms with E-state index in [0.29, 0.717) is 12.3 Å². The van der Waals surface area contributed by atoms with Gasteiger partial charge < -0.3 is 4.74 Å². The molecule has 0 aromatic carbocycles. The number of ether oxygens (including phenoxy) is 1. The van der Waals surface area contributed by atoms with Gasteiger partial charge in [0.05, 0.1) is 20.1 Å². The summed E-state index contributed by atoms with van der Waals surface area (Å²) in [5.74, 6) is -0.293. The minimum absolute atomic E-state index is 0.293. The van der Waals surface area contributed by atoms with Crippen molar-refractivity contribution in [3.8, 4) is 0 Å². The van der Waals surface area contributed by atoms with Crippen molar-refractivity contribution >= 4 is 5.97 Å². The highest BCUT2D eigenvalue weighted by molar-refractivity contribution is 5.86. The largest absolute Gasteiger partial charge is 0.412 e. The molecule has 3 nitrogen and oxygen atoms in total. The van der Waals surface area contributed by atoms with E-state index in [1.807, 2.05) is 0 Å². The van der Waals surface area contributed by atoms with Gasteiger partial charge in [-0.1, -0.05) is 13.5 Å². The zero-order valence-electron chi connectivity index (χ0n) is 9.80. The number of nitrogens with zero attached hydrogens (tertiary/aromatic N) is 1. The second-order valence-corrected chi connectivity index (χ2v) is 4.00. The van der Waals surface area contributed by atoms with E-state index in [-0.39, 0.29) is 5.97 Å². The molecular weight excluding hydrogens is 178 g/mol. The third-order valence-corrected chi connectivity index (χ3v) is 2.38. The Balaban J connectivity index is 4.07. The maximum Gasteiger partial charge on any atom is 0.337 e. The van der Waals surface area contributed by atoms with E-state index in [2.05, 4.69) is 27.5 Å². The van der Waals surface area contributed by atoms with Crippen LogP contribution in [0.4, 0.5) is 0 Å². The Morgan fingerprint density at radius 1 is 1.43 bits per heavy atom. The summed E-state index contributed by atoms with van der Waals surface area (Å²) < 4.78 is 5.92. The average molecular weight is 200 g/mol. The van der Waals surface area contributed by atoms with Crippen LogP contribution in [-0.4, -0.2) is 37.3 Å². The van der Waals surface area contributed by atoms with Crippen LogP contribution >= 0.6 is 0 Å². The third kappa shape index (κ3) is 4.42. The SMILES string of the molecule is C=C(C)C(=O)OC[N+](C)(CC)CCC. The molecule has 0 aliphatic heterocycles. The third-order valence-electron chi connectivity index (χ3n) is 2.38. The zero-order chi connectivity index (χ0) is 11.2. The first-order valence-corrected chi connectivity index (χ1v) is 5.11. The number of quaternary nitrogens is 1. The van der Waals surface area contributed by atoms with Crippen molar-refractivity contribution in [2.75, 3.05) is 26.9 Å². The van der Waals surface area contributed by atoms with E-state index < -0.39 is 0 Å². The molecule has 0 aliphatic rings. The monoisotopic (exact) mass is 200 g/mol. The van der Waals surface area contributed by atoms with Gasteiger partial charge in [0.1, 0.15) is 0 Å². The second-order valence-electron chi connectivity index (χ2n) is 4.00. The topological polar surface area (TPSA) is 26.3 Å². The van der Waals surface area contributed by atoms with Gasteiger partial charge in [0.2, 0.25) is 6.73 Å². The molecule has 0 radical (unpaired) electrons. The maximum absolute atomic E-state index is 11.2. The summed E-state index contributed by atoms with van der Waals surface area (Å²) in [4.78, 5) is 11.2. The number of esters is 1. The Morgan fingerprint density at radius 3 is 2.36 bits per heavy atom. The van der Waals surface area contributed by atoms with Crippen LogP contribution in [0.3, 0.4) is 0 Å². The number of hydrogen-bond donors (Lipinski definition) is 0. The highest BCUT2D eigenvalue weighted by Gasteiger charge is 2.20. The van der Waals surface area contributed by atoms with Crippen LogP contribution in [0.15, 0.2) is 12.2 Å². The molecule has 1 unspecified atom stereocenters. The van der Waals surface area contributed by atoms with Crippen molar-refractivity contribution < 1.29 is 14.0 Å². The maximum atomic E-state index is 11.2. The molecule has 0 fully saturated rings. The van der Waals surface area contributed by atoms with Gasteiger partial charge in [-0.2, -0.15) is 0 Å². The molecule has 1 atom stereocenters. The average Bonchev–Trinajstić information content (AvgIpc) is 2.14. The van der Waals surface area contributed by atoms with E-state index in [1.54, 1.807) is 6.92 Å². The van der Waals surface area contributed by atoms with Gasteiger partial charge >= 0.3 is 5.97 Å². The molecule has 82 valence electrons. The molecule has 0 saturated carbocycles. The Hall–Kier alpha value is -0.830. The van der Waals surface area contributed by atoms with Crippen LogP contribution in [0.1, 0.15) is 27.2 Å². The molecular formula is C11H22NO2+. The lowest BCUT2D eigenvalue weighted by atomic mass is 10.3. The van der Waals surface area contributed by atoms with Gasteiger partial charge in [-0.25, -0.2) is 4.79 Å². The smallest absolute Gasteiger partial charge is 0.337 e. The first kappa shape index (κ1) is 13.2. The van der Waals surface area contributed by atoms with Crippen molar-refractivity contribution in [3.63, 3.8) is 0 Å². The molecule has 0 heterocycles. The Kier molecular flexibility index (Phi) is 5.46. The summed E-state index contributed by atoms with van der Waals surface area (Å²) in [5.41, 5.74) is 0.462. The number of carbonyl (C=O) groups is 1. The standard InChI is InChI=1S/C11H22NO2/c1-6-8-12(5,7-2)9-14-11(13)10(3)4/h3,6-9H2,1-2,4-5H3/q+1. The van der Waals surface area contributed by atoms with Gasteiger partial charge in [0.25, 0.3) is 0 Å². The summed E-state index contributed by atoms with van der Waals surface area (Å²) >= 11 is 0. The fourth-order valence-corrected chi connectivity index (χ4v) is 1.19. The molecule has 0 N–H and O–H groups in total. The molecule has 0 saturated heterocycles. The predicted octanol–water partition coefficient (Wildman–Crippen LogP) is 1.94. The first-order valence-electron chi connectivity index (χ1n) is 5.11. The van der Waals surface area contributed by atoms with E-state index in [0.717, 1.165) is 24.0 Å². The van der Waals surface area contributed by atoms with Gasteiger partial charge in [-0.3, -0.25) is 4.48 Å². The molecule has 0 rings (SSSR count). The Bertz CT molecular complexity index is 213. The zero-order valence-corrected chi connectivity index (χ0v) is 9.80. The molecule has 3 heteroatoms. The Labute approximate surface area is 86.9 Å². The molecule has 0 aromatic rings. The molecule has 14 heavy (non-hydrogen) atoms. The molecule has 0 aliphatic carbocycles. The number of hydrogen-bond acceptors (Lipinski definition) is 2. The molecule has 0 amide bonds. The fourth-order valence-electron chi connectivity index (χ4n) is 1.19. The molecule has 0 aromatic heterocycles. The van der Waals surface area contributed by atoms with Crippen LogP contribution in [0.25, 0.3) is 0 Å². The normalized spacial score (nSPS) is 14.6. The number of rotatable bonds is 6. The second kappa shape index (κ2) is 5.81. The summed E-state index contributed by atoms with van der Waals surface area (Å²) in [6.07, 6.45) is 1.09. The lowest BCUT2D eigenvalue weighted by molar-refractivity contribution is -0.924. The van der Waals surface area contributed by atoms with Crippen LogP contribution in [0.2, 0.25) is 0 Å². The van der Waals surface area contributed by atoms with Gasteiger partial charge in [-0.15, -0.1) is 0 Å². The fraction of sp³-hybridized carbons (Fsp3) is 0.727. The van der Waals surface area contributed by atoms with Crippen molar-refractivity contribution in [1.29, 1.82) is 0 Å². The van der Waals surface area contributed by atoms with Crippen molar-refractivity contribution in [2.24, 2.45) is 0 Å². The highest BCUT2D eigenvalue weighted by Crippen LogP contribution is 2.05. The summed E-state index contributed by atoms with van der Waals surface area (Å²) in [6, 6.07) is 0. The van der Waals surface area contributed by atoms with Crippen LogP contribution in [0.5, 0.6) is 0 Å². The van der Waals surface area contributed by atoms with E-state index in [9.17, 15) is 4.79 Å². The van der Waals surface area contributed by atoms with Gasteiger partial charge in [0.15, 0.2) is 0 Å². The predicted molar refractivity (Wildman–Crippen MR) is 57.7 cm³/mol. The quantitative estimate of drug-likeness (QED) is 0.283. The first-order chi connectivity index (χ1) is 6.45. The van der Waals surface area contributed by atoms with E-state index in [4.69, 9.17) is 4.74 Å². The van der Waals surface area contributed by atoms with Crippen molar-refractivity contribution in [2.45, 2.75) is 27.2 Å². The number of carbonyl (C=O) groups excluding carboxylic acids is 1. The van der Waals surface area contributed by atoms with Gasteiger partial charge in [-0.05, 0) is 20.3 Å². The van der Waals surface area contributed by atoms with Crippen LogP contribution in [-0.2, 0) is 9.53 Å². The minimum atomic E-state index is -0.293. The minimum Gasteiger partial charge on any atom is -0.412 e. The summed E-state index contributed by atoms with van der Waals surface area (Å²) in [5, 5.41) is 0. The van der Waals surface area contributed by atoms with Crippen molar-refractivity contribution in [3.05, 3.63) is 12.2 Å². The van der Waals surface area contributed by atoms with E-state index in [1.165, 1.54) is 0 Å². The van der Waals surface area contributed by atoms with Gasteiger partial charge in [0, 0.05) is 5.57 Å². The van der Waals surface area contributed by atoms with Crippen LogP contribution in [0, 0.1) is 0 Å². The summed E-state index contributed by atoms with van der Waals surface area (Å²) in [6.45, 7) is 11.9. The summed E-state index contributed by atoms with van der Waals surface area (Å²) in [7, 11) is 2.09.